The van der Waals surface area contributed by atoms with E-state index in [4.69, 9.17) is 5.11 Å². The van der Waals surface area contributed by atoms with E-state index in [1.165, 1.54) is 11.3 Å². The molecule has 2 aromatic rings. The van der Waals surface area contributed by atoms with Crippen LogP contribution in [-0.4, -0.2) is 11.1 Å². The molecule has 0 unspecified atom stereocenters. The number of hydrogen-bond donors (Lipinski definition) is 2. The summed E-state index contributed by atoms with van der Waals surface area (Å²) >= 11 is 5.59. The Morgan fingerprint density at radius 3 is 2.79 bits per heavy atom. The Morgan fingerprint density at radius 2 is 2.21 bits per heavy atom. The average Bonchev–Trinajstić information content (AvgIpc) is 2.57. The largest absolute Gasteiger partial charge is 0.477 e. The molecule has 2 rings (SSSR count). The molecule has 0 aliphatic heterocycles. The molecule has 0 saturated heterocycles. The Hall–Kier alpha value is -1.00. The summed E-state index contributed by atoms with van der Waals surface area (Å²) in [5, 5.41) is 9.78. The summed E-state index contributed by atoms with van der Waals surface area (Å²) in [5.41, 5.74) is 1.09. The lowest BCUT2D eigenvalue weighted by atomic mass is 10.2. The predicted molar refractivity (Wildman–Crippen MR) is 60.8 cm³/mol. The first kappa shape index (κ1) is 9.55. The van der Waals surface area contributed by atoms with E-state index < -0.39 is 5.97 Å². The van der Waals surface area contributed by atoms with Gasteiger partial charge in [-0.15, -0.1) is 24.0 Å². The topological polar surface area (TPSA) is 37.3 Å². The van der Waals surface area contributed by atoms with E-state index in [-0.39, 0.29) is 0 Å². The van der Waals surface area contributed by atoms with Crippen LogP contribution in [0.2, 0.25) is 0 Å². The Kier molecular flexibility index (Phi) is 2.25. The van der Waals surface area contributed by atoms with E-state index >= 15 is 0 Å². The van der Waals surface area contributed by atoms with Crippen molar-refractivity contribution in [3.63, 3.8) is 0 Å². The molecule has 14 heavy (non-hydrogen) atoms. The number of benzene rings is 1. The maximum Gasteiger partial charge on any atom is 0.345 e. The average molecular weight is 224 g/mol. The van der Waals surface area contributed by atoms with Gasteiger partial charge in [0.25, 0.3) is 0 Å². The van der Waals surface area contributed by atoms with Crippen LogP contribution in [-0.2, 0) is 0 Å². The zero-order valence-corrected chi connectivity index (χ0v) is 9.15. The molecule has 0 spiro atoms. The first-order chi connectivity index (χ1) is 6.59. The van der Waals surface area contributed by atoms with Gasteiger partial charge in [-0.1, -0.05) is 6.07 Å². The Morgan fingerprint density at radius 1 is 1.50 bits per heavy atom. The summed E-state index contributed by atoms with van der Waals surface area (Å²) in [6, 6.07) is 5.52. The normalized spacial score (nSPS) is 10.7. The Bertz CT molecular complexity index is 475. The highest BCUT2D eigenvalue weighted by Crippen LogP contribution is 2.32. The van der Waals surface area contributed by atoms with Crippen LogP contribution in [0.25, 0.3) is 10.1 Å². The van der Waals surface area contributed by atoms with Gasteiger partial charge in [-0.25, -0.2) is 4.79 Å². The molecule has 0 aliphatic rings. The summed E-state index contributed by atoms with van der Waals surface area (Å²) in [6.45, 7) is 1.97. The van der Waals surface area contributed by atoms with E-state index in [0.717, 1.165) is 20.5 Å². The number of fused-ring (bicyclic) bond motifs is 1. The number of carboxylic acids is 1. The van der Waals surface area contributed by atoms with Crippen LogP contribution in [0.4, 0.5) is 0 Å². The van der Waals surface area contributed by atoms with Crippen LogP contribution >= 0.6 is 24.0 Å². The van der Waals surface area contributed by atoms with E-state index in [9.17, 15) is 4.79 Å². The van der Waals surface area contributed by atoms with Crippen molar-refractivity contribution in [3.8, 4) is 0 Å². The Labute approximate surface area is 90.6 Å². The van der Waals surface area contributed by atoms with Gasteiger partial charge < -0.3 is 5.11 Å². The molecule has 0 amide bonds. The number of thiophene rings is 1. The molecule has 1 aromatic carbocycles. The van der Waals surface area contributed by atoms with Crippen LogP contribution in [0, 0.1) is 6.92 Å². The smallest absolute Gasteiger partial charge is 0.345 e. The van der Waals surface area contributed by atoms with Gasteiger partial charge in [-0.3, -0.25) is 0 Å². The fourth-order valence-corrected chi connectivity index (χ4v) is 2.67. The number of aryl methyl sites for hydroxylation is 1. The fourth-order valence-electron chi connectivity index (χ4n) is 1.35. The fraction of sp³-hybridized carbons (Fsp3) is 0.100. The highest BCUT2D eigenvalue weighted by Gasteiger charge is 2.11. The quantitative estimate of drug-likeness (QED) is 0.730. The molecule has 72 valence electrons. The van der Waals surface area contributed by atoms with Crippen molar-refractivity contribution in [3.05, 3.63) is 28.6 Å². The van der Waals surface area contributed by atoms with Gasteiger partial charge in [0.1, 0.15) is 4.88 Å². The zero-order valence-electron chi connectivity index (χ0n) is 7.44. The summed E-state index contributed by atoms with van der Waals surface area (Å²) in [5.74, 6) is -0.877. The molecule has 0 saturated carbocycles. The van der Waals surface area contributed by atoms with E-state index in [1.54, 1.807) is 6.07 Å². The van der Waals surface area contributed by atoms with Crippen molar-refractivity contribution in [1.82, 2.24) is 0 Å². The molecule has 2 nitrogen and oxygen atoms in total. The van der Waals surface area contributed by atoms with Gasteiger partial charge in [0.15, 0.2) is 0 Å². The third kappa shape index (κ3) is 1.40. The molecule has 0 aliphatic carbocycles. The molecule has 1 aromatic heterocycles. The number of aromatic carboxylic acids is 1. The lowest BCUT2D eigenvalue weighted by Crippen LogP contribution is -1.89. The van der Waals surface area contributed by atoms with Crippen molar-refractivity contribution in [1.29, 1.82) is 0 Å². The highest BCUT2D eigenvalue weighted by molar-refractivity contribution is 7.80. The van der Waals surface area contributed by atoms with Crippen molar-refractivity contribution in [2.24, 2.45) is 0 Å². The standard InChI is InChI=1S/C10H8O2S2/c1-5-2-3-7(13)6-4-8(10(11)12)14-9(5)6/h2-4,13H,1H3,(H,11,12). The molecule has 0 atom stereocenters. The lowest BCUT2D eigenvalue weighted by molar-refractivity contribution is 0.0702. The summed E-state index contributed by atoms with van der Waals surface area (Å²) < 4.78 is 1.01. The van der Waals surface area contributed by atoms with Crippen LogP contribution in [0.5, 0.6) is 0 Å². The van der Waals surface area contributed by atoms with Gasteiger partial charge in [0.05, 0.1) is 0 Å². The molecule has 0 radical (unpaired) electrons. The number of hydrogen-bond acceptors (Lipinski definition) is 3. The van der Waals surface area contributed by atoms with Gasteiger partial charge in [0, 0.05) is 15.0 Å². The third-order valence-electron chi connectivity index (χ3n) is 2.07. The van der Waals surface area contributed by atoms with Crippen molar-refractivity contribution < 1.29 is 9.90 Å². The number of carbonyl (C=O) groups is 1. The lowest BCUT2D eigenvalue weighted by Gasteiger charge is -1.96. The molecular weight excluding hydrogens is 216 g/mol. The molecule has 0 fully saturated rings. The van der Waals surface area contributed by atoms with Crippen molar-refractivity contribution in [2.45, 2.75) is 11.8 Å². The van der Waals surface area contributed by atoms with Crippen LogP contribution in [0.1, 0.15) is 15.2 Å². The third-order valence-corrected chi connectivity index (χ3v) is 3.72. The van der Waals surface area contributed by atoms with Crippen LogP contribution in [0.15, 0.2) is 23.1 Å². The number of carboxylic acid groups (broad SMARTS) is 1. The summed E-state index contributed by atoms with van der Waals surface area (Å²) in [6.07, 6.45) is 0. The van der Waals surface area contributed by atoms with E-state index in [0.29, 0.717) is 4.88 Å². The van der Waals surface area contributed by atoms with Crippen molar-refractivity contribution in [2.75, 3.05) is 0 Å². The minimum atomic E-state index is -0.877. The van der Waals surface area contributed by atoms with Gasteiger partial charge >= 0.3 is 5.97 Å². The van der Waals surface area contributed by atoms with Gasteiger partial charge in [-0.05, 0) is 24.6 Å². The maximum atomic E-state index is 10.8. The number of rotatable bonds is 1. The molecular formula is C10H8O2S2. The Balaban J connectivity index is 2.82. The minimum Gasteiger partial charge on any atom is -0.477 e. The molecule has 1 N–H and O–H groups in total. The number of thiol groups is 1. The maximum absolute atomic E-state index is 10.8. The summed E-state index contributed by atoms with van der Waals surface area (Å²) in [4.78, 5) is 12.0. The van der Waals surface area contributed by atoms with Gasteiger partial charge in [0.2, 0.25) is 0 Å². The first-order valence-corrected chi connectivity index (χ1v) is 5.31. The SMILES string of the molecule is Cc1ccc(S)c2cc(C(=O)O)sc12. The zero-order chi connectivity index (χ0) is 10.3. The van der Waals surface area contributed by atoms with E-state index in [1.807, 2.05) is 19.1 Å². The molecule has 1 heterocycles. The summed E-state index contributed by atoms with van der Waals surface area (Å²) in [7, 11) is 0. The van der Waals surface area contributed by atoms with Crippen LogP contribution < -0.4 is 0 Å². The van der Waals surface area contributed by atoms with Crippen molar-refractivity contribution >= 4 is 40.0 Å². The monoisotopic (exact) mass is 224 g/mol. The minimum absolute atomic E-state index is 0.365. The first-order valence-electron chi connectivity index (χ1n) is 4.05. The van der Waals surface area contributed by atoms with E-state index in [2.05, 4.69) is 12.6 Å². The second kappa shape index (κ2) is 3.29. The van der Waals surface area contributed by atoms with Crippen LogP contribution in [0.3, 0.4) is 0 Å². The van der Waals surface area contributed by atoms with Gasteiger partial charge in [-0.2, -0.15) is 0 Å². The second-order valence-electron chi connectivity index (χ2n) is 3.06. The molecule has 0 bridgehead atoms. The molecule has 4 heteroatoms. The highest BCUT2D eigenvalue weighted by atomic mass is 32.1. The second-order valence-corrected chi connectivity index (χ2v) is 4.59. The predicted octanol–water partition coefficient (Wildman–Crippen LogP) is 3.20.